The quantitative estimate of drug-likeness (QED) is 0.428. The summed E-state index contributed by atoms with van der Waals surface area (Å²) in [4.78, 5) is 25.8. The Morgan fingerprint density at radius 2 is 1.68 bits per heavy atom. The van der Waals surface area contributed by atoms with E-state index in [1.54, 1.807) is 48.5 Å². The van der Waals surface area contributed by atoms with E-state index in [1.165, 1.54) is 0 Å². The first-order valence-corrected chi connectivity index (χ1v) is 9.99. The number of furan rings is 1. The summed E-state index contributed by atoms with van der Waals surface area (Å²) >= 11 is 0. The largest absolute Gasteiger partial charge is 0.494 e. The molecule has 2 amide bonds. The zero-order chi connectivity index (χ0) is 21.8. The van der Waals surface area contributed by atoms with E-state index in [0.29, 0.717) is 34.5 Å². The highest BCUT2D eigenvalue weighted by Gasteiger charge is 2.23. The number of nitrogens with one attached hydrogen (secondary N) is 2. The maximum absolute atomic E-state index is 13.0. The maximum Gasteiger partial charge on any atom is 0.293 e. The summed E-state index contributed by atoms with van der Waals surface area (Å²) in [5, 5.41) is 6.32. The van der Waals surface area contributed by atoms with E-state index in [4.69, 9.17) is 9.15 Å². The van der Waals surface area contributed by atoms with Crippen molar-refractivity contribution in [1.29, 1.82) is 0 Å². The molecule has 0 radical (unpaired) electrons. The highest BCUT2D eigenvalue weighted by molar-refractivity contribution is 6.16. The van der Waals surface area contributed by atoms with Gasteiger partial charge in [0.15, 0.2) is 0 Å². The number of carbonyl (C=O) groups is 2. The van der Waals surface area contributed by atoms with Crippen LogP contribution in [-0.4, -0.2) is 18.4 Å². The van der Waals surface area contributed by atoms with Crippen molar-refractivity contribution in [2.24, 2.45) is 0 Å². The van der Waals surface area contributed by atoms with Crippen molar-refractivity contribution < 1.29 is 18.7 Å². The number of fused-ring (bicyclic) bond motifs is 1. The summed E-state index contributed by atoms with van der Waals surface area (Å²) in [6.07, 6.45) is 0. The molecule has 156 valence electrons. The second kappa shape index (κ2) is 8.75. The van der Waals surface area contributed by atoms with Gasteiger partial charge in [-0.3, -0.25) is 9.59 Å². The lowest BCUT2D eigenvalue weighted by atomic mass is 10.1. The van der Waals surface area contributed by atoms with Crippen LogP contribution in [0.15, 0.2) is 77.2 Å². The van der Waals surface area contributed by atoms with Crippen LogP contribution in [0.25, 0.3) is 11.0 Å². The van der Waals surface area contributed by atoms with Gasteiger partial charge in [0.25, 0.3) is 11.8 Å². The molecule has 0 spiro atoms. The Bertz CT molecular complexity index is 1240. The van der Waals surface area contributed by atoms with Crippen molar-refractivity contribution in [3.63, 3.8) is 0 Å². The van der Waals surface area contributed by atoms with Crippen molar-refractivity contribution in [1.82, 2.24) is 0 Å². The van der Waals surface area contributed by atoms with E-state index in [-0.39, 0.29) is 11.7 Å². The third-order valence-corrected chi connectivity index (χ3v) is 4.74. The molecule has 6 nitrogen and oxygen atoms in total. The molecular formula is C25H22N2O4. The molecule has 31 heavy (non-hydrogen) atoms. The summed E-state index contributed by atoms with van der Waals surface area (Å²) in [6, 6.07) is 21.5. The van der Waals surface area contributed by atoms with Crippen LogP contribution in [0.1, 0.15) is 33.4 Å². The number of anilines is 2. The van der Waals surface area contributed by atoms with Crippen LogP contribution in [0.2, 0.25) is 0 Å². The molecule has 0 aliphatic heterocycles. The van der Waals surface area contributed by atoms with E-state index in [2.05, 4.69) is 10.6 Å². The zero-order valence-corrected chi connectivity index (χ0v) is 17.3. The fraction of sp³-hybridized carbons (Fsp3) is 0.120. The SMILES string of the molecule is CCOc1ccc(NC(=O)c2oc3ccccc3c2NC(=O)c2cccc(C)c2)cc1. The van der Waals surface area contributed by atoms with E-state index < -0.39 is 5.91 Å². The highest BCUT2D eigenvalue weighted by atomic mass is 16.5. The smallest absolute Gasteiger partial charge is 0.293 e. The van der Waals surface area contributed by atoms with Crippen molar-refractivity contribution in [2.75, 3.05) is 17.2 Å². The van der Waals surface area contributed by atoms with Crippen LogP contribution in [0.5, 0.6) is 5.75 Å². The number of rotatable bonds is 6. The standard InChI is InChI=1S/C25H22N2O4/c1-3-30-19-13-11-18(12-14-19)26-25(29)23-22(20-9-4-5-10-21(20)31-23)27-24(28)17-8-6-7-16(2)15-17/h4-15H,3H2,1-2H3,(H,26,29)(H,27,28). The predicted molar refractivity (Wildman–Crippen MR) is 121 cm³/mol. The second-order valence-corrected chi connectivity index (χ2v) is 7.04. The molecule has 4 rings (SSSR count). The molecular weight excluding hydrogens is 392 g/mol. The molecule has 0 bridgehead atoms. The fourth-order valence-electron chi connectivity index (χ4n) is 3.29. The third-order valence-electron chi connectivity index (χ3n) is 4.74. The summed E-state index contributed by atoms with van der Waals surface area (Å²) in [5.74, 6) is -0.0169. The average Bonchev–Trinajstić information content (AvgIpc) is 3.14. The van der Waals surface area contributed by atoms with Gasteiger partial charge in [-0.1, -0.05) is 29.8 Å². The zero-order valence-electron chi connectivity index (χ0n) is 17.3. The molecule has 0 fully saturated rings. The first kappa shape index (κ1) is 20.2. The van der Waals surface area contributed by atoms with Crippen LogP contribution < -0.4 is 15.4 Å². The Morgan fingerprint density at radius 1 is 0.903 bits per heavy atom. The first-order chi connectivity index (χ1) is 15.0. The van der Waals surface area contributed by atoms with Crippen LogP contribution in [-0.2, 0) is 0 Å². The van der Waals surface area contributed by atoms with Gasteiger partial charge in [-0.2, -0.15) is 0 Å². The van der Waals surface area contributed by atoms with Gasteiger partial charge >= 0.3 is 0 Å². The molecule has 0 atom stereocenters. The fourth-order valence-corrected chi connectivity index (χ4v) is 3.29. The van der Waals surface area contributed by atoms with Crippen molar-refractivity contribution >= 4 is 34.2 Å². The molecule has 0 saturated carbocycles. The van der Waals surface area contributed by atoms with Crippen LogP contribution in [0.4, 0.5) is 11.4 Å². The summed E-state index contributed by atoms with van der Waals surface area (Å²) in [5.41, 5.74) is 2.91. The van der Waals surface area contributed by atoms with E-state index >= 15 is 0 Å². The Labute approximate surface area is 179 Å². The summed E-state index contributed by atoms with van der Waals surface area (Å²) in [6.45, 7) is 4.39. The number of para-hydroxylation sites is 1. The second-order valence-electron chi connectivity index (χ2n) is 7.04. The van der Waals surface area contributed by atoms with Gasteiger partial charge in [0.05, 0.1) is 6.61 Å². The van der Waals surface area contributed by atoms with Crippen LogP contribution in [0, 0.1) is 6.92 Å². The number of amides is 2. The molecule has 4 aromatic rings. The summed E-state index contributed by atoms with van der Waals surface area (Å²) in [7, 11) is 0. The maximum atomic E-state index is 13.0. The predicted octanol–water partition coefficient (Wildman–Crippen LogP) is 5.64. The molecule has 6 heteroatoms. The Hall–Kier alpha value is -4.06. The van der Waals surface area contributed by atoms with Crippen LogP contribution >= 0.6 is 0 Å². The van der Waals surface area contributed by atoms with Crippen LogP contribution in [0.3, 0.4) is 0 Å². The molecule has 0 aliphatic carbocycles. The Morgan fingerprint density at radius 3 is 2.42 bits per heavy atom. The minimum Gasteiger partial charge on any atom is -0.494 e. The van der Waals surface area contributed by atoms with Crippen molar-refractivity contribution in [3.8, 4) is 5.75 Å². The lowest BCUT2D eigenvalue weighted by molar-refractivity contribution is 0.0999. The number of hydrogen-bond donors (Lipinski definition) is 2. The number of ether oxygens (including phenoxy) is 1. The first-order valence-electron chi connectivity index (χ1n) is 9.99. The third kappa shape index (κ3) is 4.43. The van der Waals surface area contributed by atoms with E-state index in [9.17, 15) is 9.59 Å². The van der Waals surface area contributed by atoms with E-state index in [1.807, 2.05) is 38.1 Å². The molecule has 2 N–H and O–H groups in total. The van der Waals surface area contributed by atoms with E-state index in [0.717, 1.165) is 11.3 Å². The monoisotopic (exact) mass is 414 g/mol. The highest BCUT2D eigenvalue weighted by Crippen LogP contribution is 2.32. The molecule has 0 saturated heterocycles. The van der Waals surface area contributed by atoms with Gasteiger partial charge in [-0.25, -0.2) is 0 Å². The molecule has 0 aliphatic rings. The molecule has 3 aromatic carbocycles. The van der Waals surface area contributed by atoms with Gasteiger partial charge in [0.1, 0.15) is 17.0 Å². The minimum absolute atomic E-state index is 0.0380. The van der Waals surface area contributed by atoms with Gasteiger partial charge in [-0.05, 0) is 62.4 Å². The molecule has 1 aromatic heterocycles. The summed E-state index contributed by atoms with van der Waals surface area (Å²) < 4.78 is 11.2. The number of benzene rings is 3. The van der Waals surface area contributed by atoms with Gasteiger partial charge in [-0.15, -0.1) is 0 Å². The Kier molecular flexibility index (Phi) is 5.71. The van der Waals surface area contributed by atoms with Crippen molar-refractivity contribution in [2.45, 2.75) is 13.8 Å². The molecule has 0 unspecified atom stereocenters. The van der Waals surface area contributed by atoms with Gasteiger partial charge < -0.3 is 19.8 Å². The lowest BCUT2D eigenvalue weighted by Gasteiger charge is -2.09. The van der Waals surface area contributed by atoms with Gasteiger partial charge in [0.2, 0.25) is 5.76 Å². The number of carbonyl (C=O) groups excluding carboxylic acids is 2. The average molecular weight is 414 g/mol. The number of hydrogen-bond acceptors (Lipinski definition) is 4. The Balaban J connectivity index is 1.64. The minimum atomic E-state index is -0.458. The van der Waals surface area contributed by atoms with Crippen molar-refractivity contribution in [3.05, 3.63) is 89.7 Å². The lowest BCUT2D eigenvalue weighted by Crippen LogP contribution is -2.17. The normalized spacial score (nSPS) is 10.6. The number of aryl methyl sites for hydroxylation is 1. The van der Waals surface area contributed by atoms with Gasteiger partial charge in [0, 0.05) is 16.6 Å². The molecule has 1 heterocycles. The topological polar surface area (TPSA) is 80.6 Å².